The van der Waals surface area contributed by atoms with Gasteiger partial charge in [0.1, 0.15) is 11.5 Å². The van der Waals surface area contributed by atoms with Crippen LogP contribution in [0.15, 0.2) is 18.2 Å². The molecule has 1 heterocycles. The lowest BCUT2D eigenvalue weighted by Crippen LogP contribution is -2.74. The van der Waals surface area contributed by atoms with Crippen LogP contribution in [0.4, 0.5) is 0 Å². The number of hydrogen-bond acceptors (Lipinski definition) is 4. The van der Waals surface area contributed by atoms with Gasteiger partial charge in [-0.3, -0.25) is 9.69 Å². The van der Waals surface area contributed by atoms with Gasteiger partial charge in [-0.05, 0) is 80.2 Å². The van der Waals surface area contributed by atoms with Crippen LogP contribution in [0.2, 0.25) is 0 Å². The molecule has 1 saturated heterocycles. The fraction of sp³-hybridized carbons (Fsp3) is 0.708. The van der Waals surface area contributed by atoms with E-state index in [-0.39, 0.29) is 17.7 Å². The second-order valence-electron chi connectivity index (χ2n) is 10.4. The highest BCUT2D eigenvalue weighted by Gasteiger charge is 2.66. The first-order chi connectivity index (χ1) is 13.3. The number of carbonyl (C=O) groups excluding carboxylic acids is 1. The molecular weight excluding hydrogens is 350 g/mol. The van der Waals surface area contributed by atoms with Crippen molar-refractivity contribution in [2.75, 3.05) is 13.1 Å². The lowest BCUT2D eigenvalue weighted by atomic mass is 9.47. The second-order valence-corrected chi connectivity index (χ2v) is 10.4. The van der Waals surface area contributed by atoms with E-state index in [9.17, 15) is 15.0 Å². The number of fused-ring (bicyclic) bond motifs is 1. The Balaban J connectivity index is 1.60. The number of nitrogens with zero attached hydrogens (tertiary/aromatic N) is 1. The van der Waals surface area contributed by atoms with E-state index in [1.54, 1.807) is 6.07 Å². The zero-order valence-corrected chi connectivity index (χ0v) is 17.2. The van der Waals surface area contributed by atoms with E-state index >= 15 is 0 Å². The van der Waals surface area contributed by atoms with Crippen LogP contribution in [0, 0.1) is 17.8 Å². The van der Waals surface area contributed by atoms with Crippen LogP contribution in [0.1, 0.15) is 63.5 Å². The Labute approximate surface area is 167 Å². The van der Waals surface area contributed by atoms with Crippen molar-refractivity contribution < 1.29 is 15.0 Å². The number of Topliss-reactive ketones (excluding diaryl/α,β-unsaturated/α-hetero) is 1. The maximum atomic E-state index is 13.2. The number of phenols is 1. The summed E-state index contributed by atoms with van der Waals surface area (Å²) >= 11 is 0. The normalized spacial score (nSPS) is 37.6. The minimum atomic E-state index is -0.881. The fourth-order valence-electron chi connectivity index (χ4n) is 6.62. The molecule has 4 nitrogen and oxygen atoms in total. The number of phenolic OH excluding ortho intramolecular Hbond substituents is 1. The summed E-state index contributed by atoms with van der Waals surface area (Å²) in [4.78, 5) is 15.7. The van der Waals surface area contributed by atoms with E-state index in [2.05, 4.69) is 18.7 Å². The van der Waals surface area contributed by atoms with Crippen LogP contribution in [0.5, 0.6) is 5.75 Å². The van der Waals surface area contributed by atoms with E-state index in [4.69, 9.17) is 0 Å². The predicted octanol–water partition coefficient (Wildman–Crippen LogP) is 3.43. The number of carbonyl (C=O) groups is 1. The summed E-state index contributed by atoms with van der Waals surface area (Å²) in [6.07, 6.45) is 6.11. The maximum Gasteiger partial charge on any atom is 0.137 e. The van der Waals surface area contributed by atoms with Gasteiger partial charge in [-0.15, -0.1) is 0 Å². The zero-order valence-electron chi connectivity index (χ0n) is 17.2. The highest BCUT2D eigenvalue weighted by atomic mass is 16.3. The summed E-state index contributed by atoms with van der Waals surface area (Å²) in [5.74, 6) is 1.75. The number of piperidine rings is 1. The molecule has 152 valence electrons. The van der Waals surface area contributed by atoms with Gasteiger partial charge in [-0.2, -0.15) is 0 Å². The highest BCUT2D eigenvalue weighted by molar-refractivity contribution is 5.85. The third kappa shape index (κ3) is 2.68. The zero-order chi connectivity index (χ0) is 19.7. The summed E-state index contributed by atoms with van der Waals surface area (Å²) in [5.41, 5.74) is 0.833. The summed E-state index contributed by atoms with van der Waals surface area (Å²) in [6.45, 7) is 6.35. The molecule has 1 unspecified atom stereocenters. The molecule has 4 heteroatoms. The van der Waals surface area contributed by atoms with Gasteiger partial charge in [-0.25, -0.2) is 0 Å². The number of benzene rings is 1. The van der Waals surface area contributed by atoms with Crippen molar-refractivity contribution in [3.8, 4) is 5.75 Å². The third-order valence-corrected chi connectivity index (χ3v) is 8.10. The van der Waals surface area contributed by atoms with Crippen LogP contribution in [0.3, 0.4) is 0 Å². The van der Waals surface area contributed by atoms with Crippen LogP contribution < -0.4 is 0 Å². The Hall–Kier alpha value is -1.39. The van der Waals surface area contributed by atoms with Crippen molar-refractivity contribution in [1.82, 2.24) is 4.90 Å². The summed E-state index contributed by atoms with van der Waals surface area (Å²) in [6, 6.07) is 5.70. The quantitative estimate of drug-likeness (QED) is 0.836. The number of likely N-dealkylation sites (tertiary alicyclic amines) is 1. The van der Waals surface area contributed by atoms with Crippen molar-refractivity contribution in [2.24, 2.45) is 17.8 Å². The molecule has 1 aromatic rings. The van der Waals surface area contributed by atoms with Gasteiger partial charge in [0.25, 0.3) is 0 Å². The van der Waals surface area contributed by atoms with Gasteiger partial charge < -0.3 is 10.2 Å². The summed E-state index contributed by atoms with van der Waals surface area (Å²) < 4.78 is 0. The molecule has 28 heavy (non-hydrogen) atoms. The molecule has 2 bridgehead atoms. The average Bonchev–Trinajstić information content (AvgIpc) is 3.43. The fourth-order valence-corrected chi connectivity index (χ4v) is 6.62. The Morgan fingerprint density at radius 3 is 2.79 bits per heavy atom. The van der Waals surface area contributed by atoms with E-state index in [1.807, 2.05) is 12.1 Å². The molecule has 3 aliphatic carbocycles. The first kappa shape index (κ1) is 18.6. The Morgan fingerprint density at radius 1 is 1.29 bits per heavy atom. The molecule has 0 radical (unpaired) electrons. The van der Waals surface area contributed by atoms with Gasteiger partial charge in [0.05, 0.1) is 5.60 Å². The molecule has 0 spiro atoms. The lowest BCUT2D eigenvalue weighted by molar-refractivity contribution is -0.182. The minimum absolute atomic E-state index is 0.0413. The maximum absolute atomic E-state index is 13.2. The van der Waals surface area contributed by atoms with Crippen LogP contribution in [0.25, 0.3) is 0 Å². The first-order valence-corrected chi connectivity index (χ1v) is 11.1. The van der Waals surface area contributed by atoms with Gasteiger partial charge in [-0.1, -0.05) is 19.9 Å². The van der Waals surface area contributed by atoms with E-state index in [1.165, 1.54) is 18.4 Å². The Bertz CT molecular complexity index is 801. The Kier molecular flexibility index (Phi) is 4.19. The van der Waals surface area contributed by atoms with Crippen LogP contribution in [-0.2, 0) is 16.6 Å². The van der Waals surface area contributed by atoms with Crippen molar-refractivity contribution in [1.29, 1.82) is 0 Å². The molecule has 2 N–H and O–H groups in total. The lowest BCUT2D eigenvalue weighted by Gasteiger charge is -2.64. The SMILES string of the molecule is CC(C)C[C@H]1C[C@@]2(O)[C@H]3Cc4ccc(O)cc4C2(CCN3CC2CC2)CC1=O. The van der Waals surface area contributed by atoms with Gasteiger partial charge in [0.15, 0.2) is 0 Å². The van der Waals surface area contributed by atoms with Crippen LogP contribution >= 0.6 is 0 Å². The average molecular weight is 384 g/mol. The van der Waals surface area contributed by atoms with Gasteiger partial charge in [0, 0.05) is 30.3 Å². The van der Waals surface area contributed by atoms with E-state index < -0.39 is 11.0 Å². The number of ketones is 1. The molecule has 5 rings (SSSR count). The summed E-state index contributed by atoms with van der Waals surface area (Å²) in [5, 5.41) is 22.5. The number of rotatable bonds is 4. The molecule has 1 aromatic carbocycles. The molecule has 3 fully saturated rings. The third-order valence-electron chi connectivity index (χ3n) is 8.10. The van der Waals surface area contributed by atoms with Gasteiger partial charge in [0.2, 0.25) is 0 Å². The van der Waals surface area contributed by atoms with E-state index in [0.29, 0.717) is 24.5 Å². The molecule has 4 aliphatic rings. The molecule has 1 aliphatic heterocycles. The highest BCUT2D eigenvalue weighted by Crippen LogP contribution is 2.59. The molecular formula is C24H33NO3. The number of aliphatic hydroxyl groups is 1. The minimum Gasteiger partial charge on any atom is -0.508 e. The topological polar surface area (TPSA) is 60.8 Å². The van der Waals surface area contributed by atoms with Crippen molar-refractivity contribution in [2.45, 2.75) is 75.9 Å². The largest absolute Gasteiger partial charge is 0.508 e. The summed E-state index contributed by atoms with van der Waals surface area (Å²) in [7, 11) is 0. The monoisotopic (exact) mass is 383 g/mol. The Morgan fingerprint density at radius 2 is 2.07 bits per heavy atom. The number of aromatic hydroxyl groups is 1. The van der Waals surface area contributed by atoms with Crippen molar-refractivity contribution >= 4 is 5.78 Å². The molecule has 4 atom stereocenters. The van der Waals surface area contributed by atoms with Crippen LogP contribution in [-0.4, -0.2) is 45.6 Å². The van der Waals surface area contributed by atoms with E-state index in [0.717, 1.165) is 43.8 Å². The van der Waals surface area contributed by atoms with Gasteiger partial charge >= 0.3 is 0 Å². The smallest absolute Gasteiger partial charge is 0.137 e. The molecule has 0 aromatic heterocycles. The molecule has 2 saturated carbocycles. The molecule has 0 amide bonds. The van der Waals surface area contributed by atoms with Crippen molar-refractivity contribution in [3.63, 3.8) is 0 Å². The first-order valence-electron chi connectivity index (χ1n) is 11.1. The standard InChI is InChI=1S/C24H33NO3/c1-15(2)9-18-12-24(28)22-10-17-5-6-19(26)11-20(17)23(24,13-21(18)27)7-8-25(22)14-16-3-4-16/h5-6,11,15-16,18,22,26,28H,3-4,7-10,12-14H2,1-2H3/t18-,22+,23?,24+/m0/s1. The number of hydrogen-bond donors (Lipinski definition) is 2. The van der Waals surface area contributed by atoms with Crippen molar-refractivity contribution in [3.05, 3.63) is 29.3 Å². The second kappa shape index (κ2) is 6.30. The predicted molar refractivity (Wildman–Crippen MR) is 108 cm³/mol.